The van der Waals surface area contributed by atoms with E-state index in [1.54, 1.807) is 6.20 Å². The van der Waals surface area contributed by atoms with Gasteiger partial charge in [0.05, 0.1) is 0 Å². The molecule has 0 unspecified atom stereocenters. The summed E-state index contributed by atoms with van der Waals surface area (Å²) < 4.78 is 1.95. The number of rotatable bonds is 4. The van der Waals surface area contributed by atoms with Crippen molar-refractivity contribution in [3.8, 4) is 11.1 Å². The monoisotopic (exact) mass is 410 g/mol. The number of hydrogen-bond donors (Lipinski definition) is 0. The van der Waals surface area contributed by atoms with Crippen LogP contribution in [0.1, 0.15) is 6.92 Å². The van der Waals surface area contributed by atoms with Crippen LogP contribution in [0.4, 0.5) is 5.69 Å². The molecule has 3 heterocycles. The third-order valence-electron chi connectivity index (χ3n) is 6.11. The van der Waals surface area contributed by atoms with Gasteiger partial charge in [-0.1, -0.05) is 48.5 Å². The maximum atomic E-state index is 13.1. The zero-order chi connectivity index (χ0) is 21.2. The fourth-order valence-electron chi connectivity index (χ4n) is 4.54. The van der Waals surface area contributed by atoms with Crippen molar-refractivity contribution in [2.24, 2.45) is 0 Å². The van der Waals surface area contributed by atoms with E-state index in [4.69, 9.17) is 0 Å². The summed E-state index contributed by atoms with van der Waals surface area (Å²) in [5.74, 6) is 0.145. The number of carbonyl (C=O) groups excluding carboxylic acids is 1. The maximum Gasteiger partial charge on any atom is 0.242 e. The highest BCUT2D eigenvalue weighted by Gasteiger charge is 2.28. The summed E-state index contributed by atoms with van der Waals surface area (Å²) in [6, 6.07) is 25.1. The number of hydrogen-bond acceptors (Lipinski definition) is 3. The van der Waals surface area contributed by atoms with Crippen LogP contribution in [0, 0.1) is 0 Å². The number of anilines is 1. The molecule has 5 rings (SSSR count). The SMILES string of the molecule is C[C@@H]1CN(c2ccccc2-c2ccccc2)CCN1C(=O)Cn1ccc2cccnc21. The molecule has 5 nitrogen and oxygen atoms in total. The summed E-state index contributed by atoms with van der Waals surface area (Å²) in [5, 5.41) is 1.06. The molecule has 1 aliphatic rings. The smallest absolute Gasteiger partial charge is 0.242 e. The Bertz CT molecular complexity index is 1200. The molecular weight excluding hydrogens is 384 g/mol. The van der Waals surface area contributed by atoms with Crippen molar-refractivity contribution in [1.82, 2.24) is 14.5 Å². The lowest BCUT2D eigenvalue weighted by Gasteiger charge is -2.41. The van der Waals surface area contributed by atoms with E-state index in [-0.39, 0.29) is 11.9 Å². The minimum Gasteiger partial charge on any atom is -0.367 e. The largest absolute Gasteiger partial charge is 0.367 e. The lowest BCUT2D eigenvalue weighted by atomic mass is 10.0. The standard InChI is InChI=1S/C26H26N4O/c1-20-18-28(24-12-6-5-11-23(24)21-8-3-2-4-9-21)16-17-30(20)25(31)19-29-15-13-22-10-7-14-27-26(22)29/h2-15,20H,16-19H2,1H3/t20-/m1/s1. The zero-order valence-electron chi connectivity index (χ0n) is 17.7. The van der Waals surface area contributed by atoms with Crippen LogP contribution < -0.4 is 4.90 Å². The first-order chi connectivity index (χ1) is 15.2. The molecule has 1 aliphatic heterocycles. The number of nitrogens with zero attached hydrogens (tertiary/aromatic N) is 4. The number of para-hydroxylation sites is 1. The summed E-state index contributed by atoms with van der Waals surface area (Å²) in [4.78, 5) is 22.0. The molecule has 0 N–H and O–H groups in total. The number of piperazine rings is 1. The summed E-state index contributed by atoms with van der Waals surface area (Å²) >= 11 is 0. The van der Waals surface area contributed by atoms with Crippen LogP contribution in [-0.4, -0.2) is 46.0 Å². The van der Waals surface area contributed by atoms with Gasteiger partial charge in [0.15, 0.2) is 0 Å². The van der Waals surface area contributed by atoms with Crippen LogP contribution in [0.3, 0.4) is 0 Å². The van der Waals surface area contributed by atoms with Gasteiger partial charge in [0.2, 0.25) is 5.91 Å². The number of carbonyl (C=O) groups is 1. The van der Waals surface area contributed by atoms with Gasteiger partial charge in [-0.15, -0.1) is 0 Å². The van der Waals surface area contributed by atoms with Gasteiger partial charge < -0.3 is 14.4 Å². The molecule has 5 heteroatoms. The average Bonchev–Trinajstić information content (AvgIpc) is 3.22. The first-order valence-corrected chi connectivity index (χ1v) is 10.8. The van der Waals surface area contributed by atoms with Crippen LogP contribution in [0.2, 0.25) is 0 Å². The molecule has 1 amide bonds. The summed E-state index contributed by atoms with van der Waals surface area (Å²) in [6.07, 6.45) is 3.72. The summed E-state index contributed by atoms with van der Waals surface area (Å²) in [6.45, 7) is 4.83. The van der Waals surface area contributed by atoms with Crippen molar-refractivity contribution in [1.29, 1.82) is 0 Å². The molecule has 31 heavy (non-hydrogen) atoms. The lowest BCUT2D eigenvalue weighted by Crippen LogP contribution is -2.54. The normalized spacial score (nSPS) is 16.6. The Morgan fingerprint density at radius 2 is 1.77 bits per heavy atom. The first-order valence-electron chi connectivity index (χ1n) is 10.8. The van der Waals surface area contributed by atoms with Crippen LogP contribution in [0.15, 0.2) is 85.2 Å². The molecule has 2 aromatic heterocycles. The van der Waals surface area contributed by atoms with E-state index in [9.17, 15) is 4.79 Å². The van der Waals surface area contributed by atoms with E-state index in [2.05, 4.69) is 65.3 Å². The predicted octanol–water partition coefficient (Wildman–Crippen LogP) is 4.44. The van der Waals surface area contributed by atoms with E-state index >= 15 is 0 Å². The Hall–Kier alpha value is -3.60. The minimum atomic E-state index is 0.139. The number of pyridine rings is 1. The van der Waals surface area contributed by atoms with E-state index in [0.29, 0.717) is 6.54 Å². The number of aromatic nitrogens is 2. The van der Waals surface area contributed by atoms with E-state index in [1.165, 1.54) is 16.8 Å². The number of fused-ring (bicyclic) bond motifs is 1. The summed E-state index contributed by atoms with van der Waals surface area (Å²) in [7, 11) is 0. The number of benzene rings is 2. The van der Waals surface area contributed by atoms with Gasteiger partial charge in [-0.3, -0.25) is 4.79 Å². The second-order valence-electron chi connectivity index (χ2n) is 8.13. The molecule has 4 aromatic rings. The van der Waals surface area contributed by atoms with Crippen molar-refractivity contribution in [2.75, 3.05) is 24.5 Å². The van der Waals surface area contributed by atoms with Crippen LogP contribution in [-0.2, 0) is 11.3 Å². The van der Waals surface area contributed by atoms with Gasteiger partial charge in [0.25, 0.3) is 0 Å². The molecule has 0 radical (unpaired) electrons. The Morgan fingerprint density at radius 1 is 0.968 bits per heavy atom. The molecule has 1 fully saturated rings. The molecule has 0 aliphatic carbocycles. The van der Waals surface area contributed by atoms with Crippen LogP contribution in [0.25, 0.3) is 22.2 Å². The van der Waals surface area contributed by atoms with Gasteiger partial charge in [0, 0.05) is 54.7 Å². The van der Waals surface area contributed by atoms with Crippen molar-refractivity contribution in [2.45, 2.75) is 19.5 Å². The molecule has 156 valence electrons. The van der Waals surface area contributed by atoms with Crippen molar-refractivity contribution in [3.63, 3.8) is 0 Å². The van der Waals surface area contributed by atoms with Crippen LogP contribution >= 0.6 is 0 Å². The minimum absolute atomic E-state index is 0.139. The summed E-state index contributed by atoms with van der Waals surface area (Å²) in [5.41, 5.74) is 4.54. The van der Waals surface area contributed by atoms with Crippen molar-refractivity contribution >= 4 is 22.6 Å². The van der Waals surface area contributed by atoms with Gasteiger partial charge in [0.1, 0.15) is 12.2 Å². The topological polar surface area (TPSA) is 41.4 Å². The van der Waals surface area contributed by atoms with Crippen molar-refractivity contribution < 1.29 is 4.79 Å². The van der Waals surface area contributed by atoms with Gasteiger partial charge >= 0.3 is 0 Å². The van der Waals surface area contributed by atoms with Crippen molar-refractivity contribution in [3.05, 3.63) is 85.2 Å². The lowest BCUT2D eigenvalue weighted by molar-refractivity contribution is -0.134. The van der Waals surface area contributed by atoms with E-state index in [0.717, 1.165) is 30.7 Å². The second-order valence-corrected chi connectivity index (χ2v) is 8.13. The third-order valence-corrected chi connectivity index (χ3v) is 6.11. The fourth-order valence-corrected chi connectivity index (χ4v) is 4.54. The molecule has 1 atom stereocenters. The van der Waals surface area contributed by atoms with E-state index < -0.39 is 0 Å². The Labute approximate surface area is 182 Å². The maximum absolute atomic E-state index is 13.1. The van der Waals surface area contributed by atoms with Crippen LogP contribution in [0.5, 0.6) is 0 Å². The Morgan fingerprint density at radius 3 is 2.61 bits per heavy atom. The second kappa shape index (κ2) is 8.26. The molecule has 0 spiro atoms. The molecule has 0 saturated carbocycles. The van der Waals surface area contributed by atoms with Gasteiger partial charge in [-0.2, -0.15) is 0 Å². The molecule has 2 aromatic carbocycles. The molecule has 1 saturated heterocycles. The average molecular weight is 411 g/mol. The first kappa shape index (κ1) is 19.4. The fraction of sp³-hybridized carbons (Fsp3) is 0.231. The third kappa shape index (κ3) is 3.79. The Balaban J connectivity index is 1.32. The van der Waals surface area contributed by atoms with E-state index in [1.807, 2.05) is 39.9 Å². The highest BCUT2D eigenvalue weighted by molar-refractivity contribution is 5.82. The zero-order valence-corrected chi connectivity index (χ0v) is 17.7. The highest BCUT2D eigenvalue weighted by Crippen LogP contribution is 2.32. The predicted molar refractivity (Wildman–Crippen MR) is 125 cm³/mol. The highest BCUT2D eigenvalue weighted by atomic mass is 16.2. The van der Waals surface area contributed by atoms with Gasteiger partial charge in [-0.05, 0) is 36.8 Å². The number of amides is 1. The molecular formula is C26H26N4O. The Kier molecular flexibility index (Phi) is 5.16. The molecule has 0 bridgehead atoms. The quantitative estimate of drug-likeness (QED) is 0.499. The van der Waals surface area contributed by atoms with Gasteiger partial charge in [-0.25, -0.2) is 4.98 Å².